The van der Waals surface area contributed by atoms with E-state index < -0.39 is 17.3 Å². The van der Waals surface area contributed by atoms with Crippen LogP contribution >= 0.6 is 11.3 Å². The predicted octanol–water partition coefficient (Wildman–Crippen LogP) is 2.79. The van der Waals surface area contributed by atoms with E-state index in [9.17, 15) is 24.9 Å². The number of rotatable bonds is 0. The summed E-state index contributed by atoms with van der Waals surface area (Å²) < 4.78 is 0. The Hall–Kier alpha value is -2.86. The number of fused-ring (bicyclic) bond motifs is 3. The van der Waals surface area contributed by atoms with Gasteiger partial charge in [0.1, 0.15) is 17.2 Å². The fraction of sp³-hybridized carbons (Fsp3) is 0. The van der Waals surface area contributed by atoms with Crippen molar-refractivity contribution in [1.29, 1.82) is 0 Å². The van der Waals surface area contributed by atoms with Crippen LogP contribution in [0.25, 0.3) is 10.8 Å². The van der Waals surface area contributed by atoms with Crippen LogP contribution < -0.4 is 0 Å². The summed E-state index contributed by atoms with van der Waals surface area (Å²) in [6.07, 6.45) is 0. The van der Waals surface area contributed by atoms with Gasteiger partial charge in [0.05, 0.1) is 16.0 Å². The van der Waals surface area contributed by atoms with Gasteiger partial charge in [0, 0.05) is 16.3 Å². The first-order valence-corrected chi connectivity index (χ1v) is 7.26. The van der Waals surface area contributed by atoms with E-state index in [1.165, 1.54) is 24.3 Å². The first-order valence-electron chi connectivity index (χ1n) is 6.38. The number of carbonyl (C=O) groups excluding carboxylic acids is 2. The van der Waals surface area contributed by atoms with Gasteiger partial charge in [-0.05, 0) is 29.6 Å². The van der Waals surface area contributed by atoms with Crippen molar-refractivity contribution in [3.8, 4) is 17.2 Å². The molecule has 0 aliphatic heterocycles. The Kier molecular flexibility index (Phi) is 2.38. The van der Waals surface area contributed by atoms with Gasteiger partial charge < -0.3 is 15.3 Å². The lowest BCUT2D eigenvalue weighted by Crippen LogP contribution is -2.19. The largest absolute Gasteiger partial charge is 0.508 e. The third kappa shape index (κ3) is 1.42. The number of phenols is 3. The molecule has 0 saturated carbocycles. The van der Waals surface area contributed by atoms with Gasteiger partial charge in [0.2, 0.25) is 5.78 Å². The minimum Gasteiger partial charge on any atom is -0.508 e. The highest BCUT2D eigenvalue weighted by atomic mass is 32.1. The zero-order valence-electron chi connectivity index (χ0n) is 11.0. The molecule has 4 rings (SSSR count). The highest BCUT2D eigenvalue weighted by Gasteiger charge is 2.37. The Balaban J connectivity index is 2.20. The van der Waals surface area contributed by atoms with E-state index in [2.05, 4.69) is 0 Å². The normalized spacial score (nSPS) is 13.3. The number of carbonyl (C=O) groups is 2. The van der Waals surface area contributed by atoms with Crippen LogP contribution in [0.2, 0.25) is 0 Å². The summed E-state index contributed by atoms with van der Waals surface area (Å²) >= 11 is 1.11. The summed E-state index contributed by atoms with van der Waals surface area (Å²) in [6, 6.07) is 5.49. The molecule has 0 fully saturated rings. The van der Waals surface area contributed by atoms with E-state index >= 15 is 0 Å². The van der Waals surface area contributed by atoms with Crippen molar-refractivity contribution in [3.63, 3.8) is 0 Å². The molecule has 0 unspecified atom stereocenters. The third-order valence-corrected chi connectivity index (χ3v) is 4.72. The molecule has 6 heteroatoms. The zero-order valence-corrected chi connectivity index (χ0v) is 11.8. The van der Waals surface area contributed by atoms with Gasteiger partial charge >= 0.3 is 0 Å². The molecule has 0 atom stereocenters. The SMILES string of the molecule is O=C1c2ccsc2C(=O)c2c1c(O)c1ccc(O)cc1c2O. The zero-order chi connectivity index (χ0) is 15.6. The number of hydrogen-bond donors (Lipinski definition) is 3. The van der Waals surface area contributed by atoms with Crippen LogP contribution in [0.4, 0.5) is 0 Å². The Morgan fingerprint density at radius 2 is 1.50 bits per heavy atom. The fourth-order valence-electron chi connectivity index (χ4n) is 2.80. The van der Waals surface area contributed by atoms with Gasteiger partial charge in [0.25, 0.3) is 0 Å². The van der Waals surface area contributed by atoms with Crippen molar-refractivity contribution in [2.45, 2.75) is 0 Å². The lowest BCUT2D eigenvalue weighted by molar-refractivity contribution is 0.0978. The van der Waals surface area contributed by atoms with Gasteiger partial charge in [-0.2, -0.15) is 0 Å². The number of benzene rings is 2. The number of hydrogen-bond acceptors (Lipinski definition) is 6. The van der Waals surface area contributed by atoms with Crippen molar-refractivity contribution in [1.82, 2.24) is 0 Å². The Bertz CT molecular complexity index is 999. The molecule has 22 heavy (non-hydrogen) atoms. The van der Waals surface area contributed by atoms with Crippen molar-refractivity contribution >= 4 is 33.7 Å². The second-order valence-electron chi connectivity index (χ2n) is 5.00. The monoisotopic (exact) mass is 312 g/mol. The second-order valence-corrected chi connectivity index (χ2v) is 5.91. The van der Waals surface area contributed by atoms with E-state index in [0.717, 1.165) is 11.3 Å². The van der Waals surface area contributed by atoms with Crippen molar-refractivity contribution in [2.24, 2.45) is 0 Å². The molecule has 1 aromatic heterocycles. The van der Waals surface area contributed by atoms with Gasteiger partial charge in [-0.3, -0.25) is 9.59 Å². The molecule has 3 N–H and O–H groups in total. The summed E-state index contributed by atoms with van der Waals surface area (Å²) in [6.45, 7) is 0. The Morgan fingerprint density at radius 1 is 0.818 bits per heavy atom. The predicted molar refractivity (Wildman–Crippen MR) is 80.1 cm³/mol. The summed E-state index contributed by atoms with van der Waals surface area (Å²) in [5, 5.41) is 32.3. The average Bonchev–Trinajstić information content (AvgIpc) is 2.98. The van der Waals surface area contributed by atoms with Crippen LogP contribution in [0, 0.1) is 0 Å². The van der Waals surface area contributed by atoms with Crippen LogP contribution in [0.5, 0.6) is 17.2 Å². The molecule has 1 heterocycles. The number of phenolic OH excluding ortho intramolecular Hbond substituents is 3. The van der Waals surface area contributed by atoms with Gasteiger partial charge in [0.15, 0.2) is 5.78 Å². The maximum Gasteiger partial charge on any atom is 0.208 e. The standard InChI is InChI=1S/C16H8O5S/c17-6-1-2-7-9(5-6)14(20)11-10(12(7)18)13(19)8-3-4-22-16(8)15(11)21/h1-5,17-18,20H. The minimum absolute atomic E-state index is 0.117. The van der Waals surface area contributed by atoms with E-state index in [1.807, 2.05) is 0 Å². The molecule has 0 radical (unpaired) electrons. The van der Waals surface area contributed by atoms with Crippen LogP contribution in [0.3, 0.4) is 0 Å². The van der Waals surface area contributed by atoms with Gasteiger partial charge in [-0.15, -0.1) is 11.3 Å². The van der Waals surface area contributed by atoms with Crippen molar-refractivity contribution < 1.29 is 24.9 Å². The molecule has 5 nitrogen and oxygen atoms in total. The Morgan fingerprint density at radius 3 is 2.27 bits per heavy atom. The second kappa shape index (κ2) is 4.08. The number of thiophene rings is 1. The quantitative estimate of drug-likeness (QED) is 0.434. The van der Waals surface area contributed by atoms with Crippen LogP contribution in [-0.2, 0) is 0 Å². The van der Waals surface area contributed by atoms with E-state index in [1.54, 1.807) is 5.38 Å². The number of aromatic hydroxyl groups is 3. The molecule has 0 spiro atoms. The summed E-state index contributed by atoms with van der Waals surface area (Å²) in [5.41, 5.74) is -0.169. The molecule has 108 valence electrons. The molecule has 0 bridgehead atoms. The van der Waals surface area contributed by atoms with Gasteiger partial charge in [-0.1, -0.05) is 0 Å². The minimum atomic E-state index is -0.502. The van der Waals surface area contributed by atoms with Gasteiger partial charge in [-0.25, -0.2) is 0 Å². The molecule has 3 aromatic rings. The molecule has 2 aromatic carbocycles. The van der Waals surface area contributed by atoms with Crippen LogP contribution in [-0.4, -0.2) is 26.9 Å². The molecule has 0 amide bonds. The maximum absolute atomic E-state index is 12.5. The van der Waals surface area contributed by atoms with Crippen LogP contribution in [0.15, 0.2) is 29.6 Å². The summed E-state index contributed by atoms with van der Waals surface area (Å²) in [7, 11) is 0. The highest BCUT2D eigenvalue weighted by molar-refractivity contribution is 7.12. The lowest BCUT2D eigenvalue weighted by atomic mass is 9.85. The first-order chi connectivity index (χ1) is 10.5. The lowest BCUT2D eigenvalue weighted by Gasteiger charge is -2.19. The van der Waals surface area contributed by atoms with Crippen molar-refractivity contribution in [2.75, 3.05) is 0 Å². The average molecular weight is 312 g/mol. The molecular weight excluding hydrogens is 304 g/mol. The Labute approximate surface area is 127 Å². The molecular formula is C16H8O5S. The van der Waals surface area contributed by atoms with E-state index in [-0.39, 0.29) is 43.8 Å². The van der Waals surface area contributed by atoms with E-state index in [4.69, 9.17) is 0 Å². The molecule has 1 aliphatic rings. The topological polar surface area (TPSA) is 94.8 Å². The smallest absolute Gasteiger partial charge is 0.208 e. The molecule has 0 saturated heterocycles. The molecule has 1 aliphatic carbocycles. The summed E-state index contributed by atoms with van der Waals surface area (Å²) in [5.74, 6) is -1.88. The first kappa shape index (κ1) is 12.8. The third-order valence-electron chi connectivity index (χ3n) is 3.81. The fourth-order valence-corrected chi connectivity index (χ4v) is 3.63. The summed E-state index contributed by atoms with van der Waals surface area (Å²) in [4.78, 5) is 25.3. The van der Waals surface area contributed by atoms with Crippen LogP contribution in [0.1, 0.15) is 31.2 Å². The van der Waals surface area contributed by atoms with E-state index in [0.29, 0.717) is 0 Å². The highest BCUT2D eigenvalue weighted by Crippen LogP contribution is 2.45. The number of ketones is 2. The van der Waals surface area contributed by atoms with Crippen molar-refractivity contribution in [3.05, 3.63) is 51.2 Å². The maximum atomic E-state index is 12.5.